The molecule has 0 aromatic heterocycles. The highest BCUT2D eigenvalue weighted by Crippen LogP contribution is 2.13. The fourth-order valence-corrected chi connectivity index (χ4v) is 1.93. The summed E-state index contributed by atoms with van der Waals surface area (Å²) in [6, 6.07) is 6.39. The Morgan fingerprint density at radius 2 is 1.90 bits per heavy atom. The number of hydrogen-bond donors (Lipinski definition) is 2. The van der Waals surface area contributed by atoms with E-state index in [2.05, 4.69) is 5.32 Å². The molecule has 0 bridgehead atoms. The van der Waals surface area contributed by atoms with Crippen molar-refractivity contribution in [1.82, 2.24) is 10.2 Å². The number of nitrogens with zero attached hydrogens (tertiary/aromatic N) is 1. The summed E-state index contributed by atoms with van der Waals surface area (Å²) in [6.07, 6.45) is 1.74. The van der Waals surface area contributed by atoms with E-state index in [0.29, 0.717) is 5.56 Å². The third-order valence-corrected chi connectivity index (χ3v) is 3.13. The highest BCUT2D eigenvalue weighted by Gasteiger charge is 2.25. The highest BCUT2D eigenvalue weighted by atomic mass is 32.2. The summed E-state index contributed by atoms with van der Waals surface area (Å²) in [4.78, 5) is 35.6. The van der Waals surface area contributed by atoms with Gasteiger partial charge in [-0.25, -0.2) is 9.59 Å². The van der Waals surface area contributed by atoms with Gasteiger partial charge in [0, 0.05) is 7.05 Å². The van der Waals surface area contributed by atoms with Crippen LogP contribution in [0.25, 0.3) is 0 Å². The largest absolute Gasteiger partial charge is 0.479 e. The van der Waals surface area contributed by atoms with Crippen LogP contribution < -0.4 is 5.32 Å². The van der Waals surface area contributed by atoms with Crippen LogP contribution in [-0.2, 0) is 9.59 Å². The van der Waals surface area contributed by atoms with E-state index in [-0.39, 0.29) is 11.7 Å². The van der Waals surface area contributed by atoms with Crippen LogP contribution in [0.2, 0.25) is 0 Å². The van der Waals surface area contributed by atoms with E-state index in [1.165, 1.54) is 18.8 Å². The Kier molecular flexibility index (Phi) is 6.05. The smallest absolute Gasteiger partial charge is 0.330 e. The molecule has 108 valence electrons. The Morgan fingerprint density at radius 1 is 1.30 bits per heavy atom. The lowest BCUT2D eigenvalue weighted by molar-refractivity contribution is -0.139. The molecule has 1 atom stereocenters. The minimum Gasteiger partial charge on any atom is -0.479 e. The number of carboxylic acids is 1. The third-order valence-electron chi connectivity index (χ3n) is 2.59. The summed E-state index contributed by atoms with van der Waals surface area (Å²) < 4.78 is 0. The summed E-state index contributed by atoms with van der Waals surface area (Å²) in [5.74, 6) is -1.41. The molecule has 0 heterocycles. The summed E-state index contributed by atoms with van der Waals surface area (Å²) in [7, 11) is 1.32. The zero-order valence-electron chi connectivity index (χ0n) is 11.2. The number of aliphatic carboxylic acids is 1. The lowest BCUT2D eigenvalue weighted by Crippen LogP contribution is -2.45. The van der Waals surface area contributed by atoms with Crippen molar-refractivity contribution in [1.29, 1.82) is 0 Å². The van der Waals surface area contributed by atoms with Crippen molar-refractivity contribution in [2.75, 3.05) is 19.1 Å². The van der Waals surface area contributed by atoms with Crippen LogP contribution in [0.1, 0.15) is 11.6 Å². The molecule has 0 saturated carbocycles. The first-order chi connectivity index (χ1) is 9.47. The lowest BCUT2D eigenvalue weighted by atomic mass is 10.1. The van der Waals surface area contributed by atoms with E-state index in [9.17, 15) is 19.5 Å². The molecule has 1 rings (SSSR count). The van der Waals surface area contributed by atoms with Gasteiger partial charge in [0.25, 0.3) is 0 Å². The number of amides is 3. The standard InChI is InChI=1S/C13H16N2O4S/c1-15(10(16)8-20-2)13(19)14-11(12(17)18)9-6-4-3-5-7-9/h3-7,11H,8H2,1-2H3,(H,14,19)(H,17,18). The Labute approximate surface area is 121 Å². The van der Waals surface area contributed by atoms with Crippen LogP contribution in [0.3, 0.4) is 0 Å². The molecule has 6 nitrogen and oxygen atoms in total. The predicted molar refractivity (Wildman–Crippen MR) is 76.5 cm³/mol. The summed E-state index contributed by atoms with van der Waals surface area (Å²) in [5.41, 5.74) is 0.444. The van der Waals surface area contributed by atoms with E-state index in [4.69, 9.17) is 0 Å². The zero-order valence-corrected chi connectivity index (χ0v) is 12.0. The van der Waals surface area contributed by atoms with Crippen molar-refractivity contribution in [3.63, 3.8) is 0 Å². The van der Waals surface area contributed by atoms with Crippen LogP contribution in [0.15, 0.2) is 30.3 Å². The van der Waals surface area contributed by atoms with E-state index < -0.39 is 18.0 Å². The molecule has 0 radical (unpaired) electrons. The van der Waals surface area contributed by atoms with Gasteiger partial charge in [-0.3, -0.25) is 9.69 Å². The summed E-state index contributed by atoms with van der Waals surface area (Å²) >= 11 is 1.29. The number of carbonyl (C=O) groups is 3. The summed E-state index contributed by atoms with van der Waals surface area (Å²) in [5, 5.41) is 11.5. The van der Waals surface area contributed by atoms with Crippen molar-refractivity contribution in [2.45, 2.75) is 6.04 Å². The molecule has 1 unspecified atom stereocenters. The number of benzene rings is 1. The molecule has 1 aromatic carbocycles. The molecule has 0 aliphatic carbocycles. The Balaban J connectivity index is 2.79. The number of nitrogens with one attached hydrogen (secondary N) is 1. The van der Waals surface area contributed by atoms with Crippen molar-refractivity contribution in [3.8, 4) is 0 Å². The quantitative estimate of drug-likeness (QED) is 0.856. The fraction of sp³-hybridized carbons (Fsp3) is 0.308. The van der Waals surface area contributed by atoms with Gasteiger partial charge in [-0.15, -0.1) is 0 Å². The first-order valence-electron chi connectivity index (χ1n) is 5.81. The van der Waals surface area contributed by atoms with E-state index in [1.54, 1.807) is 36.6 Å². The van der Waals surface area contributed by atoms with Gasteiger partial charge in [0.2, 0.25) is 5.91 Å². The number of hydrogen-bond acceptors (Lipinski definition) is 4. The molecule has 0 saturated heterocycles. The van der Waals surface area contributed by atoms with Gasteiger partial charge in [-0.1, -0.05) is 30.3 Å². The van der Waals surface area contributed by atoms with E-state index >= 15 is 0 Å². The fourth-order valence-electron chi connectivity index (χ4n) is 1.49. The monoisotopic (exact) mass is 296 g/mol. The third kappa shape index (κ3) is 4.27. The van der Waals surface area contributed by atoms with E-state index in [1.807, 2.05) is 0 Å². The number of imide groups is 1. The molecule has 7 heteroatoms. The SMILES string of the molecule is CSCC(=O)N(C)C(=O)NC(C(=O)O)c1ccccc1. The molecule has 1 aromatic rings. The highest BCUT2D eigenvalue weighted by molar-refractivity contribution is 7.99. The van der Waals surface area contributed by atoms with Crippen LogP contribution in [0.5, 0.6) is 0 Å². The Morgan fingerprint density at radius 3 is 2.40 bits per heavy atom. The second kappa shape index (κ2) is 7.54. The van der Waals surface area contributed by atoms with Crippen LogP contribution in [0.4, 0.5) is 4.79 Å². The zero-order chi connectivity index (χ0) is 15.1. The maximum Gasteiger partial charge on any atom is 0.330 e. The van der Waals surface area contributed by atoms with Crippen LogP contribution >= 0.6 is 11.8 Å². The van der Waals surface area contributed by atoms with Gasteiger partial charge in [-0.05, 0) is 11.8 Å². The topological polar surface area (TPSA) is 86.7 Å². The molecular weight excluding hydrogens is 280 g/mol. The Hall–Kier alpha value is -2.02. The first kappa shape index (κ1) is 16.0. The molecule has 0 spiro atoms. The second-order valence-corrected chi connectivity index (χ2v) is 4.88. The van der Waals surface area contributed by atoms with E-state index in [0.717, 1.165) is 4.90 Å². The first-order valence-corrected chi connectivity index (χ1v) is 7.20. The number of carboxylic acid groups (broad SMARTS) is 1. The maximum atomic E-state index is 11.9. The van der Waals surface area contributed by atoms with Crippen molar-refractivity contribution < 1.29 is 19.5 Å². The molecule has 3 amide bonds. The Bertz CT molecular complexity index is 492. The lowest BCUT2D eigenvalue weighted by Gasteiger charge is -2.20. The van der Waals surface area contributed by atoms with Crippen LogP contribution in [-0.4, -0.2) is 47.0 Å². The van der Waals surface area contributed by atoms with Crippen molar-refractivity contribution >= 4 is 29.7 Å². The van der Waals surface area contributed by atoms with Gasteiger partial charge in [0.05, 0.1) is 5.75 Å². The predicted octanol–water partition coefficient (Wildman–Crippen LogP) is 1.34. The number of thioether (sulfide) groups is 1. The normalized spacial score (nSPS) is 11.5. The maximum absolute atomic E-state index is 11.9. The minimum absolute atomic E-state index is 0.160. The van der Waals surface area contributed by atoms with Crippen molar-refractivity contribution in [3.05, 3.63) is 35.9 Å². The molecule has 20 heavy (non-hydrogen) atoms. The summed E-state index contributed by atoms with van der Waals surface area (Å²) in [6.45, 7) is 0. The molecule has 0 aliphatic rings. The molecule has 0 fully saturated rings. The number of urea groups is 1. The van der Waals surface area contributed by atoms with Gasteiger partial charge < -0.3 is 10.4 Å². The average molecular weight is 296 g/mol. The number of carbonyl (C=O) groups excluding carboxylic acids is 2. The minimum atomic E-state index is -1.19. The van der Waals surface area contributed by atoms with Gasteiger partial charge in [0.1, 0.15) is 0 Å². The average Bonchev–Trinajstić information content (AvgIpc) is 2.44. The van der Waals surface area contributed by atoms with Gasteiger partial charge in [0.15, 0.2) is 6.04 Å². The van der Waals surface area contributed by atoms with Gasteiger partial charge in [-0.2, -0.15) is 11.8 Å². The second-order valence-electron chi connectivity index (χ2n) is 4.02. The molecule has 0 aliphatic heterocycles. The van der Waals surface area contributed by atoms with Crippen molar-refractivity contribution in [2.24, 2.45) is 0 Å². The molecular formula is C13H16N2O4S. The van der Waals surface area contributed by atoms with Crippen LogP contribution in [0, 0.1) is 0 Å². The molecule has 2 N–H and O–H groups in total. The number of rotatable bonds is 5. The van der Waals surface area contributed by atoms with Gasteiger partial charge >= 0.3 is 12.0 Å².